The van der Waals surface area contributed by atoms with E-state index in [9.17, 15) is 4.79 Å². The second kappa shape index (κ2) is 5.26. The summed E-state index contributed by atoms with van der Waals surface area (Å²) in [5.74, 6) is 3.35. The van der Waals surface area contributed by atoms with Gasteiger partial charge in [-0.15, -0.1) is 0 Å². The average Bonchev–Trinajstić information content (AvgIpc) is 2.80. The van der Waals surface area contributed by atoms with Crippen molar-refractivity contribution in [3.63, 3.8) is 0 Å². The lowest BCUT2D eigenvalue weighted by molar-refractivity contribution is -0.128. The molecule has 22 heavy (non-hydrogen) atoms. The highest BCUT2D eigenvalue weighted by Gasteiger charge is 2.48. The van der Waals surface area contributed by atoms with Gasteiger partial charge < -0.3 is 5.32 Å². The molecule has 0 spiro atoms. The highest BCUT2D eigenvalue weighted by molar-refractivity contribution is 6.31. The lowest BCUT2D eigenvalue weighted by Gasteiger charge is -2.54. The van der Waals surface area contributed by atoms with Crippen LogP contribution in [0.3, 0.4) is 0 Å². The van der Waals surface area contributed by atoms with Gasteiger partial charge in [-0.25, -0.2) is 0 Å². The Morgan fingerprint density at radius 3 is 2.36 bits per heavy atom. The molecule has 5 rings (SSSR count). The summed E-state index contributed by atoms with van der Waals surface area (Å²) in [6.45, 7) is 3.76. The fourth-order valence-corrected chi connectivity index (χ4v) is 5.36. The molecule has 0 unspecified atom stereocenters. The van der Waals surface area contributed by atoms with Crippen LogP contribution in [-0.4, -0.2) is 21.7 Å². The van der Waals surface area contributed by atoms with E-state index in [0.717, 1.165) is 17.5 Å². The molecule has 4 aliphatic carbocycles. The van der Waals surface area contributed by atoms with Gasteiger partial charge in [0.05, 0.1) is 10.7 Å². The Hall–Kier alpha value is -1.03. The van der Waals surface area contributed by atoms with E-state index in [2.05, 4.69) is 10.4 Å². The molecule has 0 aromatic carbocycles. The zero-order valence-electron chi connectivity index (χ0n) is 13.3. The molecule has 120 valence electrons. The first kappa shape index (κ1) is 14.6. The van der Waals surface area contributed by atoms with Crippen molar-refractivity contribution in [1.29, 1.82) is 0 Å². The number of halogens is 1. The lowest BCUT2D eigenvalue weighted by atomic mass is 9.54. The lowest BCUT2D eigenvalue weighted by Crippen LogP contribution is -2.56. The normalized spacial score (nSPS) is 37.3. The number of carbonyl (C=O) groups is 1. The third-order valence-electron chi connectivity index (χ3n) is 6.17. The van der Waals surface area contributed by atoms with Gasteiger partial charge in [-0.05, 0) is 69.6 Å². The monoisotopic (exact) mass is 321 g/mol. The molecule has 4 aliphatic rings. The molecular formula is C17H24ClN3O. The van der Waals surface area contributed by atoms with Gasteiger partial charge in [0.25, 0.3) is 0 Å². The van der Waals surface area contributed by atoms with E-state index in [1.807, 2.05) is 13.8 Å². The number of aromatic nitrogens is 2. The molecule has 1 aromatic rings. The predicted molar refractivity (Wildman–Crippen MR) is 85.7 cm³/mol. The number of hydrogen-bond donors (Lipinski definition) is 1. The summed E-state index contributed by atoms with van der Waals surface area (Å²) in [5, 5.41) is 8.31. The summed E-state index contributed by atoms with van der Waals surface area (Å²) in [6.07, 6.45) is 8.46. The van der Waals surface area contributed by atoms with Crippen LogP contribution in [-0.2, 0) is 4.79 Å². The summed E-state index contributed by atoms with van der Waals surface area (Å²) < 4.78 is 1.68. The minimum Gasteiger partial charge on any atom is -0.351 e. The van der Waals surface area contributed by atoms with Crippen molar-refractivity contribution in [2.75, 3.05) is 0 Å². The van der Waals surface area contributed by atoms with Gasteiger partial charge in [0.2, 0.25) is 5.91 Å². The van der Waals surface area contributed by atoms with Crippen molar-refractivity contribution in [2.45, 2.75) is 58.0 Å². The van der Waals surface area contributed by atoms with Crippen LogP contribution >= 0.6 is 11.6 Å². The summed E-state index contributed by atoms with van der Waals surface area (Å²) in [7, 11) is 0. The Labute approximate surface area is 136 Å². The number of aryl methyl sites for hydroxylation is 1. The molecule has 0 saturated heterocycles. The molecular weight excluding hydrogens is 298 g/mol. The van der Waals surface area contributed by atoms with Crippen molar-refractivity contribution < 1.29 is 4.79 Å². The van der Waals surface area contributed by atoms with Gasteiger partial charge >= 0.3 is 0 Å². The fourth-order valence-electron chi connectivity index (χ4n) is 5.22. The number of amides is 1. The molecule has 1 aromatic heterocycles. The second-order valence-corrected chi connectivity index (χ2v) is 8.09. The first-order valence-electron chi connectivity index (χ1n) is 8.53. The van der Waals surface area contributed by atoms with Gasteiger partial charge in [-0.3, -0.25) is 9.48 Å². The van der Waals surface area contributed by atoms with Crippen molar-refractivity contribution in [3.8, 4) is 0 Å². The molecule has 5 heteroatoms. The SMILES string of the molecule is Cc1nn([C@@H](C)C(=O)NC2C3CC4CC(C3)CC2C4)cc1Cl. The number of rotatable bonds is 3. The largest absolute Gasteiger partial charge is 0.351 e. The number of nitrogens with zero attached hydrogens (tertiary/aromatic N) is 2. The Morgan fingerprint density at radius 2 is 1.86 bits per heavy atom. The Kier molecular flexibility index (Phi) is 3.48. The van der Waals surface area contributed by atoms with Gasteiger partial charge in [-0.1, -0.05) is 11.6 Å². The molecule has 4 fully saturated rings. The van der Waals surface area contributed by atoms with E-state index < -0.39 is 0 Å². The van der Waals surface area contributed by atoms with Gasteiger partial charge in [0, 0.05) is 12.2 Å². The minimum absolute atomic E-state index is 0.0802. The van der Waals surface area contributed by atoms with Crippen molar-refractivity contribution >= 4 is 17.5 Å². The predicted octanol–water partition coefficient (Wildman–Crippen LogP) is 3.35. The van der Waals surface area contributed by atoms with Crippen LogP contribution in [0.15, 0.2) is 6.20 Å². The Bertz CT molecular complexity index is 549. The average molecular weight is 322 g/mol. The van der Waals surface area contributed by atoms with Crippen LogP contribution in [0.2, 0.25) is 5.02 Å². The number of nitrogens with one attached hydrogen (secondary N) is 1. The Morgan fingerprint density at radius 1 is 1.27 bits per heavy atom. The smallest absolute Gasteiger partial charge is 0.244 e. The second-order valence-electron chi connectivity index (χ2n) is 7.68. The molecule has 1 atom stereocenters. The third-order valence-corrected chi connectivity index (χ3v) is 6.54. The van der Waals surface area contributed by atoms with E-state index in [1.165, 1.54) is 32.1 Å². The highest BCUT2D eigenvalue weighted by Crippen LogP contribution is 2.53. The summed E-state index contributed by atoms with van der Waals surface area (Å²) in [6, 6.07) is 0.0817. The van der Waals surface area contributed by atoms with Crippen molar-refractivity contribution in [1.82, 2.24) is 15.1 Å². The highest BCUT2D eigenvalue weighted by atomic mass is 35.5. The molecule has 0 radical (unpaired) electrons. The quantitative estimate of drug-likeness (QED) is 0.928. The zero-order chi connectivity index (χ0) is 15.4. The van der Waals surface area contributed by atoms with Gasteiger partial charge in [0.1, 0.15) is 6.04 Å². The van der Waals surface area contributed by atoms with Gasteiger partial charge in [0.15, 0.2) is 0 Å². The fraction of sp³-hybridized carbons (Fsp3) is 0.765. The first-order valence-corrected chi connectivity index (χ1v) is 8.90. The molecule has 0 aliphatic heterocycles. The maximum Gasteiger partial charge on any atom is 0.244 e. The van der Waals surface area contributed by atoms with E-state index in [0.29, 0.717) is 22.9 Å². The van der Waals surface area contributed by atoms with Crippen LogP contribution < -0.4 is 5.32 Å². The van der Waals surface area contributed by atoms with Crippen LogP contribution in [0, 0.1) is 30.6 Å². The zero-order valence-corrected chi connectivity index (χ0v) is 14.0. The topological polar surface area (TPSA) is 46.9 Å². The van der Waals surface area contributed by atoms with Crippen molar-refractivity contribution in [2.24, 2.45) is 23.7 Å². The van der Waals surface area contributed by atoms with Gasteiger partial charge in [-0.2, -0.15) is 5.10 Å². The molecule has 1 N–H and O–H groups in total. The first-order chi connectivity index (χ1) is 10.5. The molecule has 1 heterocycles. The molecule has 4 saturated carbocycles. The van der Waals surface area contributed by atoms with E-state index >= 15 is 0 Å². The van der Waals surface area contributed by atoms with Crippen LogP contribution in [0.4, 0.5) is 0 Å². The standard InChI is InChI=1S/C17H24ClN3O/c1-9-15(18)8-21(20-9)10(2)17(22)19-16-13-4-11-3-12(6-13)7-14(16)5-11/h8,10-14,16H,3-7H2,1-2H3,(H,19,22)/t10-,11?,12?,13?,14?,16?/m0/s1. The van der Waals surface area contributed by atoms with Crippen LogP contribution in [0.5, 0.6) is 0 Å². The van der Waals surface area contributed by atoms with Crippen LogP contribution in [0.25, 0.3) is 0 Å². The molecule has 4 nitrogen and oxygen atoms in total. The molecule has 1 amide bonds. The van der Waals surface area contributed by atoms with Crippen molar-refractivity contribution in [3.05, 3.63) is 16.9 Å². The van der Waals surface area contributed by atoms with E-state index in [1.54, 1.807) is 10.9 Å². The summed E-state index contributed by atoms with van der Waals surface area (Å²) >= 11 is 6.05. The number of hydrogen-bond acceptors (Lipinski definition) is 2. The summed E-state index contributed by atoms with van der Waals surface area (Å²) in [4.78, 5) is 12.6. The minimum atomic E-state index is -0.302. The Balaban J connectivity index is 1.45. The summed E-state index contributed by atoms with van der Waals surface area (Å²) in [5.41, 5.74) is 0.774. The maximum atomic E-state index is 12.6. The maximum absolute atomic E-state index is 12.6. The number of carbonyl (C=O) groups excluding carboxylic acids is 1. The van der Waals surface area contributed by atoms with E-state index in [-0.39, 0.29) is 11.9 Å². The van der Waals surface area contributed by atoms with E-state index in [4.69, 9.17) is 11.6 Å². The van der Waals surface area contributed by atoms with Crippen LogP contribution in [0.1, 0.15) is 50.8 Å². The molecule has 4 bridgehead atoms. The third kappa shape index (κ3) is 2.36.